The molecule has 0 radical (unpaired) electrons. The van der Waals surface area contributed by atoms with Gasteiger partial charge in [0, 0.05) is 22.5 Å². The van der Waals surface area contributed by atoms with Crippen LogP contribution in [0.1, 0.15) is 11.1 Å². The van der Waals surface area contributed by atoms with E-state index >= 15 is 0 Å². The van der Waals surface area contributed by atoms with E-state index in [2.05, 4.69) is 95.6 Å². The molecule has 0 spiro atoms. The monoisotopic (exact) mass is 744 g/mol. The maximum absolute atomic E-state index is 13.4. The number of halogens is 6. The van der Waals surface area contributed by atoms with E-state index < -0.39 is 14.1 Å². The maximum atomic E-state index is 13.4. The van der Waals surface area contributed by atoms with Crippen LogP contribution in [0.3, 0.4) is 0 Å². The van der Waals surface area contributed by atoms with Crippen molar-refractivity contribution in [3.63, 3.8) is 0 Å². The molecule has 0 saturated heterocycles. The van der Waals surface area contributed by atoms with E-state index in [0.29, 0.717) is 22.5 Å². The van der Waals surface area contributed by atoms with E-state index in [4.69, 9.17) is 11.5 Å². The third kappa shape index (κ3) is 5.03. The SMILES string of the molecule is Nc1ccc(S(=O)(=O)c2ccc(N)cc2C(Br)(Br)Br)c(C(Br)(Br)Br)c1. The van der Waals surface area contributed by atoms with Crippen LogP contribution in [0.15, 0.2) is 46.2 Å². The summed E-state index contributed by atoms with van der Waals surface area (Å²) in [6.45, 7) is 0. The third-order valence-electron chi connectivity index (χ3n) is 3.20. The van der Waals surface area contributed by atoms with E-state index in [1.54, 1.807) is 12.1 Å². The summed E-state index contributed by atoms with van der Waals surface area (Å²) in [5.74, 6) is 0. The minimum Gasteiger partial charge on any atom is -0.399 e. The molecule has 0 fully saturated rings. The Labute approximate surface area is 196 Å². The fourth-order valence-electron chi connectivity index (χ4n) is 2.13. The molecule has 0 aliphatic heterocycles. The van der Waals surface area contributed by atoms with Crippen LogP contribution in [0.4, 0.5) is 11.4 Å². The van der Waals surface area contributed by atoms with Crippen LogP contribution in [0.25, 0.3) is 0 Å². The van der Waals surface area contributed by atoms with Gasteiger partial charge in [0.05, 0.1) is 9.79 Å². The minimum absolute atomic E-state index is 0.0927. The number of hydrogen-bond acceptors (Lipinski definition) is 4. The smallest absolute Gasteiger partial charge is 0.207 e. The van der Waals surface area contributed by atoms with Gasteiger partial charge in [0.25, 0.3) is 0 Å². The van der Waals surface area contributed by atoms with Gasteiger partial charge < -0.3 is 11.5 Å². The predicted octanol–water partition coefficient (Wildman–Crippen LogP) is 6.27. The lowest BCUT2D eigenvalue weighted by molar-refractivity contribution is 0.594. The molecule has 0 unspecified atom stereocenters. The normalized spacial score (nSPS) is 13.0. The quantitative estimate of drug-likeness (QED) is 0.280. The largest absolute Gasteiger partial charge is 0.399 e. The Bertz CT molecular complexity index is 850. The van der Waals surface area contributed by atoms with Crippen LogP contribution in [0, 0.1) is 0 Å². The third-order valence-corrected chi connectivity index (χ3v) is 7.63. The Morgan fingerprint density at radius 2 is 1.00 bits per heavy atom. The number of hydrogen-bond donors (Lipinski definition) is 2. The van der Waals surface area contributed by atoms with Crippen molar-refractivity contribution >= 4 is 117 Å². The molecule has 4 N–H and O–H groups in total. The Morgan fingerprint density at radius 3 is 1.28 bits per heavy atom. The lowest BCUT2D eigenvalue weighted by Gasteiger charge is -2.22. The number of alkyl halides is 6. The Hall–Kier alpha value is 0.870. The zero-order valence-corrected chi connectivity index (χ0v) is 22.4. The minimum atomic E-state index is -3.89. The van der Waals surface area contributed by atoms with Crippen LogP contribution in [-0.2, 0) is 14.1 Å². The van der Waals surface area contributed by atoms with Crippen molar-refractivity contribution in [3.8, 4) is 0 Å². The topological polar surface area (TPSA) is 86.2 Å². The fraction of sp³-hybridized carbons (Fsp3) is 0.143. The summed E-state index contributed by atoms with van der Waals surface area (Å²) in [4.78, 5) is 0.185. The highest BCUT2D eigenvalue weighted by atomic mass is 80.0. The Balaban J connectivity index is 2.83. The summed E-state index contributed by atoms with van der Waals surface area (Å²) < 4.78 is 24.9. The van der Waals surface area contributed by atoms with Crippen LogP contribution in [-0.4, -0.2) is 8.42 Å². The van der Waals surface area contributed by atoms with Gasteiger partial charge in [-0.3, -0.25) is 0 Å². The number of rotatable bonds is 2. The van der Waals surface area contributed by atoms with Crippen molar-refractivity contribution < 1.29 is 8.42 Å². The molecule has 136 valence electrons. The Kier molecular flexibility index (Phi) is 6.84. The second kappa shape index (κ2) is 7.71. The average Bonchev–Trinajstić information content (AvgIpc) is 2.44. The van der Waals surface area contributed by atoms with Gasteiger partial charge >= 0.3 is 0 Å². The first-order valence-corrected chi connectivity index (χ1v) is 12.7. The van der Waals surface area contributed by atoms with Gasteiger partial charge in [0.1, 0.15) is 0 Å². The molecule has 2 rings (SSSR count). The second-order valence-corrected chi connectivity index (χ2v) is 20.4. The second-order valence-electron chi connectivity index (χ2n) is 5.01. The average molecular weight is 750 g/mol. The number of nitrogen functional groups attached to an aromatic ring is 2. The molecule has 0 amide bonds. The maximum Gasteiger partial charge on any atom is 0.207 e. The van der Waals surface area contributed by atoms with Crippen molar-refractivity contribution in [2.75, 3.05) is 11.5 Å². The number of anilines is 2. The first kappa shape index (κ1) is 22.2. The predicted molar refractivity (Wildman–Crippen MR) is 124 cm³/mol. The van der Waals surface area contributed by atoms with E-state index in [0.717, 1.165) is 0 Å². The molecule has 0 atom stereocenters. The van der Waals surface area contributed by atoms with Gasteiger partial charge in [-0.05, 0) is 36.4 Å². The summed E-state index contributed by atoms with van der Waals surface area (Å²) in [6.07, 6.45) is 0. The van der Waals surface area contributed by atoms with E-state index in [-0.39, 0.29) is 9.79 Å². The number of sulfone groups is 1. The summed E-state index contributed by atoms with van der Waals surface area (Å²) >= 11 is 20.2. The van der Waals surface area contributed by atoms with Crippen LogP contribution < -0.4 is 11.5 Å². The summed E-state index contributed by atoms with van der Waals surface area (Å²) in [7, 11) is -3.89. The molecule has 0 aromatic heterocycles. The number of benzene rings is 2. The lowest BCUT2D eigenvalue weighted by Crippen LogP contribution is -2.15. The van der Waals surface area contributed by atoms with Gasteiger partial charge in [-0.1, -0.05) is 95.6 Å². The van der Waals surface area contributed by atoms with Gasteiger partial charge in [-0.15, -0.1) is 0 Å². The highest BCUT2D eigenvalue weighted by molar-refractivity contribution is 9.39. The molecule has 0 saturated carbocycles. The van der Waals surface area contributed by atoms with Crippen LogP contribution in [0.2, 0.25) is 0 Å². The molecular formula is C14H10Br6N2O2S. The molecule has 2 aromatic carbocycles. The van der Waals surface area contributed by atoms with Gasteiger partial charge in [0.15, 0.2) is 4.29 Å². The van der Waals surface area contributed by atoms with Gasteiger partial charge in [0.2, 0.25) is 9.84 Å². The Morgan fingerprint density at radius 1 is 0.680 bits per heavy atom. The molecule has 11 heteroatoms. The summed E-state index contributed by atoms with van der Waals surface area (Å²) in [5, 5.41) is 0. The zero-order valence-electron chi connectivity index (χ0n) is 12.1. The summed E-state index contributed by atoms with van der Waals surface area (Å²) in [5.41, 5.74) is 13.4. The first-order valence-electron chi connectivity index (χ1n) is 6.43. The van der Waals surface area contributed by atoms with Crippen molar-refractivity contribution in [2.45, 2.75) is 14.1 Å². The molecular weight excluding hydrogens is 740 g/mol. The molecule has 2 aromatic rings. The highest BCUT2D eigenvalue weighted by Gasteiger charge is 2.35. The van der Waals surface area contributed by atoms with Crippen molar-refractivity contribution in [3.05, 3.63) is 47.5 Å². The summed E-state index contributed by atoms with van der Waals surface area (Å²) in [6, 6.07) is 9.16. The molecule has 4 nitrogen and oxygen atoms in total. The molecule has 0 bridgehead atoms. The lowest BCUT2D eigenvalue weighted by atomic mass is 10.2. The fourth-order valence-corrected chi connectivity index (χ4v) is 6.62. The van der Waals surface area contributed by atoms with Crippen molar-refractivity contribution in [2.24, 2.45) is 0 Å². The van der Waals surface area contributed by atoms with E-state index in [1.807, 2.05) is 0 Å². The zero-order chi connectivity index (χ0) is 19.2. The molecule has 25 heavy (non-hydrogen) atoms. The molecule has 0 aliphatic carbocycles. The molecule has 0 aliphatic rings. The van der Waals surface area contributed by atoms with Crippen LogP contribution >= 0.6 is 95.6 Å². The van der Waals surface area contributed by atoms with Crippen LogP contribution in [0.5, 0.6) is 0 Å². The van der Waals surface area contributed by atoms with E-state index in [1.165, 1.54) is 24.3 Å². The van der Waals surface area contributed by atoms with Crippen molar-refractivity contribution in [1.82, 2.24) is 0 Å². The first-order chi connectivity index (χ1) is 11.2. The van der Waals surface area contributed by atoms with Gasteiger partial charge in [-0.2, -0.15) is 0 Å². The number of nitrogens with two attached hydrogens (primary N) is 2. The van der Waals surface area contributed by atoms with E-state index in [9.17, 15) is 8.42 Å². The standard InChI is InChI=1S/C14H10Br6N2O2S/c15-13(16,17)9-5-7(21)1-3-11(9)25(23,24)12-4-2-8(22)6-10(12)14(18,19)20/h1-6H,21-22H2. The highest BCUT2D eigenvalue weighted by Crippen LogP contribution is 2.51. The van der Waals surface area contributed by atoms with Crippen molar-refractivity contribution in [1.29, 1.82) is 0 Å². The van der Waals surface area contributed by atoms with Gasteiger partial charge in [-0.25, -0.2) is 8.42 Å². The molecule has 0 heterocycles.